The molecule has 4 heteroatoms. The minimum Gasteiger partial charge on any atom is -0.370 e. The summed E-state index contributed by atoms with van der Waals surface area (Å²) < 4.78 is 1.05. The molecule has 0 saturated carbocycles. The fraction of sp³-hybridized carbons (Fsp3) is 0.583. The van der Waals surface area contributed by atoms with Crippen LogP contribution in [0.4, 0.5) is 5.82 Å². The molecule has 16 heavy (non-hydrogen) atoms. The third kappa shape index (κ3) is 4.30. The Hall–Kier alpha value is -0.280. The van der Waals surface area contributed by atoms with E-state index in [9.17, 15) is 0 Å². The standard InChI is InChI=1S/C12H18BrClN2/c1-3-10(4-5-14)7-15-12-6-9(2)11(13)8-16-12/h6,8,10H,3-5,7H2,1-2H3,(H,15,16). The third-order valence-electron chi connectivity index (χ3n) is 2.71. The van der Waals surface area contributed by atoms with Crippen LogP contribution in [0.5, 0.6) is 0 Å². The van der Waals surface area contributed by atoms with Gasteiger partial charge in [0, 0.05) is 23.1 Å². The van der Waals surface area contributed by atoms with Gasteiger partial charge in [0.15, 0.2) is 0 Å². The summed E-state index contributed by atoms with van der Waals surface area (Å²) in [5, 5.41) is 3.36. The molecule has 1 aromatic rings. The van der Waals surface area contributed by atoms with Crippen LogP contribution < -0.4 is 5.32 Å². The smallest absolute Gasteiger partial charge is 0.126 e. The summed E-state index contributed by atoms with van der Waals surface area (Å²) in [5.74, 6) is 2.30. The van der Waals surface area contributed by atoms with Crippen molar-refractivity contribution in [3.8, 4) is 0 Å². The van der Waals surface area contributed by atoms with E-state index in [0.29, 0.717) is 5.92 Å². The van der Waals surface area contributed by atoms with Crippen LogP contribution in [0.25, 0.3) is 0 Å². The molecule has 0 aliphatic heterocycles. The molecule has 0 aliphatic carbocycles. The number of nitrogens with one attached hydrogen (secondary N) is 1. The lowest BCUT2D eigenvalue weighted by Gasteiger charge is -2.14. The van der Waals surface area contributed by atoms with Crippen molar-refractivity contribution in [3.63, 3.8) is 0 Å². The summed E-state index contributed by atoms with van der Waals surface area (Å²) >= 11 is 9.19. The molecule has 0 radical (unpaired) electrons. The van der Waals surface area contributed by atoms with E-state index >= 15 is 0 Å². The first-order chi connectivity index (χ1) is 7.67. The van der Waals surface area contributed by atoms with Crippen molar-refractivity contribution in [1.29, 1.82) is 0 Å². The Labute approximate surface area is 111 Å². The molecular formula is C12H18BrClN2. The van der Waals surface area contributed by atoms with Crippen molar-refractivity contribution < 1.29 is 0 Å². The van der Waals surface area contributed by atoms with Crippen molar-refractivity contribution in [3.05, 3.63) is 22.3 Å². The molecule has 90 valence electrons. The van der Waals surface area contributed by atoms with Crippen molar-refractivity contribution in [2.75, 3.05) is 17.7 Å². The number of aromatic nitrogens is 1. The van der Waals surface area contributed by atoms with Crippen molar-refractivity contribution in [1.82, 2.24) is 4.98 Å². The Kier molecular flexibility index (Phi) is 6.14. The van der Waals surface area contributed by atoms with Crippen molar-refractivity contribution >= 4 is 33.3 Å². The zero-order valence-electron chi connectivity index (χ0n) is 9.76. The molecule has 0 aromatic carbocycles. The van der Waals surface area contributed by atoms with Gasteiger partial charge in [-0.15, -0.1) is 11.6 Å². The maximum absolute atomic E-state index is 5.75. The van der Waals surface area contributed by atoms with Crippen LogP contribution in [0.15, 0.2) is 16.7 Å². The summed E-state index contributed by atoms with van der Waals surface area (Å²) in [7, 11) is 0. The van der Waals surface area contributed by atoms with Crippen LogP contribution in [-0.4, -0.2) is 17.4 Å². The highest BCUT2D eigenvalue weighted by Gasteiger charge is 2.06. The molecular weight excluding hydrogens is 288 g/mol. The number of rotatable bonds is 6. The van der Waals surface area contributed by atoms with Gasteiger partial charge >= 0.3 is 0 Å². The van der Waals surface area contributed by atoms with Crippen molar-refractivity contribution in [2.24, 2.45) is 5.92 Å². The summed E-state index contributed by atoms with van der Waals surface area (Å²) in [4.78, 5) is 4.31. The summed E-state index contributed by atoms with van der Waals surface area (Å²) in [6, 6.07) is 2.05. The third-order valence-corrected chi connectivity index (χ3v) is 3.76. The van der Waals surface area contributed by atoms with Gasteiger partial charge in [0.1, 0.15) is 5.82 Å². The molecule has 0 aliphatic rings. The number of alkyl halides is 1. The van der Waals surface area contributed by atoms with Crippen molar-refractivity contribution in [2.45, 2.75) is 26.7 Å². The number of nitrogens with zero attached hydrogens (tertiary/aromatic N) is 1. The Bertz CT molecular complexity index is 331. The molecule has 0 fully saturated rings. The molecule has 1 unspecified atom stereocenters. The van der Waals surface area contributed by atoms with E-state index in [1.54, 1.807) is 0 Å². The molecule has 0 spiro atoms. The molecule has 0 amide bonds. The molecule has 1 heterocycles. The van der Waals surface area contributed by atoms with Gasteiger partial charge in [-0.25, -0.2) is 4.98 Å². The predicted molar refractivity (Wildman–Crippen MR) is 74.3 cm³/mol. The lowest BCUT2D eigenvalue weighted by atomic mass is 10.0. The van der Waals surface area contributed by atoms with Gasteiger partial charge in [-0.3, -0.25) is 0 Å². The summed E-state index contributed by atoms with van der Waals surface area (Å²) in [6.07, 6.45) is 4.04. The zero-order chi connectivity index (χ0) is 12.0. The van der Waals surface area contributed by atoms with Gasteiger partial charge in [-0.05, 0) is 46.8 Å². The Morgan fingerprint density at radius 3 is 2.88 bits per heavy atom. The van der Waals surface area contributed by atoms with Crippen LogP contribution in [0.3, 0.4) is 0 Å². The highest BCUT2D eigenvalue weighted by molar-refractivity contribution is 9.10. The second kappa shape index (κ2) is 7.13. The minimum atomic E-state index is 0.628. The van der Waals surface area contributed by atoms with Gasteiger partial charge in [0.05, 0.1) is 0 Å². The molecule has 1 rings (SSSR count). The summed E-state index contributed by atoms with van der Waals surface area (Å²) in [5.41, 5.74) is 1.20. The number of hydrogen-bond donors (Lipinski definition) is 1. The topological polar surface area (TPSA) is 24.9 Å². The minimum absolute atomic E-state index is 0.628. The van der Waals surface area contributed by atoms with Gasteiger partial charge in [0.25, 0.3) is 0 Å². The average Bonchev–Trinajstić information content (AvgIpc) is 2.28. The lowest BCUT2D eigenvalue weighted by molar-refractivity contribution is 0.521. The van der Waals surface area contributed by atoms with E-state index in [1.807, 2.05) is 6.20 Å². The molecule has 0 saturated heterocycles. The first-order valence-corrected chi connectivity index (χ1v) is 6.92. The number of anilines is 1. The molecule has 1 N–H and O–H groups in total. The van der Waals surface area contributed by atoms with Crippen LogP contribution in [0, 0.1) is 12.8 Å². The Balaban J connectivity index is 2.50. The van der Waals surface area contributed by atoms with Gasteiger partial charge in [-0.1, -0.05) is 13.3 Å². The fourth-order valence-corrected chi connectivity index (χ4v) is 2.02. The van der Waals surface area contributed by atoms with Crippen LogP contribution in [0.1, 0.15) is 25.3 Å². The second-order valence-electron chi connectivity index (χ2n) is 3.95. The molecule has 0 bridgehead atoms. The highest BCUT2D eigenvalue weighted by atomic mass is 79.9. The maximum atomic E-state index is 5.75. The number of halogens is 2. The normalized spacial score (nSPS) is 12.5. The lowest BCUT2D eigenvalue weighted by Crippen LogP contribution is -2.14. The van der Waals surface area contributed by atoms with Crippen LogP contribution in [-0.2, 0) is 0 Å². The monoisotopic (exact) mass is 304 g/mol. The zero-order valence-corrected chi connectivity index (χ0v) is 12.1. The number of hydrogen-bond acceptors (Lipinski definition) is 2. The van der Waals surface area contributed by atoms with Gasteiger partial charge in [0.2, 0.25) is 0 Å². The SMILES string of the molecule is CCC(CCCl)CNc1cc(C)c(Br)cn1. The largest absolute Gasteiger partial charge is 0.370 e. The van der Waals surface area contributed by atoms with E-state index in [0.717, 1.165) is 35.6 Å². The predicted octanol–water partition coefficient (Wildman–Crippen LogP) is 4.22. The summed E-state index contributed by atoms with van der Waals surface area (Å²) in [6.45, 7) is 5.20. The molecule has 1 aromatic heterocycles. The number of pyridine rings is 1. The Morgan fingerprint density at radius 2 is 2.31 bits per heavy atom. The van der Waals surface area contributed by atoms with E-state index in [4.69, 9.17) is 11.6 Å². The first kappa shape index (κ1) is 13.8. The van der Waals surface area contributed by atoms with E-state index in [1.165, 1.54) is 5.56 Å². The van der Waals surface area contributed by atoms with E-state index in [2.05, 4.69) is 46.1 Å². The van der Waals surface area contributed by atoms with E-state index < -0.39 is 0 Å². The van der Waals surface area contributed by atoms with Gasteiger partial charge in [-0.2, -0.15) is 0 Å². The van der Waals surface area contributed by atoms with Gasteiger partial charge < -0.3 is 5.32 Å². The Morgan fingerprint density at radius 1 is 1.56 bits per heavy atom. The number of aryl methyl sites for hydroxylation is 1. The average molecular weight is 306 g/mol. The van der Waals surface area contributed by atoms with E-state index in [-0.39, 0.29) is 0 Å². The highest BCUT2D eigenvalue weighted by Crippen LogP contribution is 2.18. The second-order valence-corrected chi connectivity index (χ2v) is 5.18. The first-order valence-electron chi connectivity index (χ1n) is 5.59. The molecule has 1 atom stereocenters. The van der Waals surface area contributed by atoms with Crippen LogP contribution in [0.2, 0.25) is 0 Å². The fourth-order valence-electron chi connectivity index (χ4n) is 1.49. The quantitative estimate of drug-likeness (QED) is 0.796. The molecule has 2 nitrogen and oxygen atoms in total. The maximum Gasteiger partial charge on any atom is 0.126 e. The van der Waals surface area contributed by atoms with Crippen LogP contribution >= 0.6 is 27.5 Å².